The van der Waals surface area contributed by atoms with Crippen molar-refractivity contribution < 1.29 is 23.1 Å². The summed E-state index contributed by atoms with van der Waals surface area (Å²) >= 11 is 1.10. The number of nitrogens with zero attached hydrogens (tertiary/aromatic N) is 2. The lowest BCUT2D eigenvalue weighted by molar-refractivity contribution is -0.113. The van der Waals surface area contributed by atoms with Crippen molar-refractivity contribution in [2.45, 2.75) is 19.1 Å². The van der Waals surface area contributed by atoms with Gasteiger partial charge in [0.1, 0.15) is 17.3 Å². The van der Waals surface area contributed by atoms with E-state index >= 15 is 0 Å². The van der Waals surface area contributed by atoms with Crippen LogP contribution >= 0.6 is 11.8 Å². The van der Waals surface area contributed by atoms with Crippen molar-refractivity contribution in [1.29, 1.82) is 0 Å². The van der Waals surface area contributed by atoms with Crippen molar-refractivity contribution in [2.75, 3.05) is 24.3 Å². The Morgan fingerprint density at radius 2 is 1.86 bits per heavy atom. The lowest BCUT2D eigenvalue weighted by Crippen LogP contribution is -2.15. The quantitative estimate of drug-likeness (QED) is 0.516. The highest BCUT2D eigenvalue weighted by Crippen LogP contribution is 2.30. The molecule has 1 aromatic heterocycles. The summed E-state index contributed by atoms with van der Waals surface area (Å²) in [7, 11) is 0. The van der Waals surface area contributed by atoms with Gasteiger partial charge in [-0.25, -0.2) is 4.39 Å². The summed E-state index contributed by atoms with van der Waals surface area (Å²) in [5.74, 6) is 0.919. The molecule has 1 N–H and O–H groups in total. The number of carbonyl (C=O) groups excluding carboxylic acids is 1. The number of benzene rings is 2. The summed E-state index contributed by atoms with van der Waals surface area (Å²) in [5, 5.41) is 10.9. The molecule has 0 aliphatic heterocycles. The fourth-order valence-corrected chi connectivity index (χ4v) is 3.00. The van der Waals surface area contributed by atoms with Gasteiger partial charge in [-0.05, 0) is 50.2 Å². The predicted molar refractivity (Wildman–Crippen MR) is 108 cm³/mol. The molecule has 0 spiro atoms. The van der Waals surface area contributed by atoms with Crippen LogP contribution in [0, 0.1) is 5.82 Å². The summed E-state index contributed by atoms with van der Waals surface area (Å²) in [4.78, 5) is 12.4. The minimum absolute atomic E-state index is 0.0650. The molecule has 7 nitrogen and oxygen atoms in total. The van der Waals surface area contributed by atoms with E-state index in [0.717, 1.165) is 11.8 Å². The maximum absolute atomic E-state index is 13.0. The number of hydrogen-bond donors (Lipinski definition) is 1. The maximum Gasteiger partial charge on any atom is 0.277 e. The second-order valence-electron chi connectivity index (χ2n) is 5.74. The van der Waals surface area contributed by atoms with E-state index in [9.17, 15) is 9.18 Å². The SMILES string of the molecule is CCOc1ccc(OCC)c(NC(=O)CSc2nnc(-c3ccc(F)cc3)o2)c1. The van der Waals surface area contributed by atoms with Crippen LogP contribution in [-0.4, -0.2) is 35.1 Å². The molecule has 0 radical (unpaired) electrons. The summed E-state index contributed by atoms with van der Waals surface area (Å²) in [5.41, 5.74) is 1.13. The molecule has 152 valence electrons. The molecular weight excluding hydrogens is 397 g/mol. The van der Waals surface area contributed by atoms with E-state index in [1.165, 1.54) is 12.1 Å². The molecule has 0 aliphatic rings. The lowest BCUT2D eigenvalue weighted by atomic mass is 10.2. The van der Waals surface area contributed by atoms with E-state index in [-0.39, 0.29) is 28.6 Å². The molecule has 0 fully saturated rings. The van der Waals surface area contributed by atoms with Crippen molar-refractivity contribution in [3.05, 3.63) is 48.3 Å². The predicted octanol–water partition coefficient (Wildman–Crippen LogP) is 4.40. The number of hydrogen-bond acceptors (Lipinski definition) is 7. The fraction of sp³-hybridized carbons (Fsp3) is 0.250. The average molecular weight is 417 g/mol. The van der Waals surface area contributed by atoms with Crippen LogP contribution in [0.4, 0.5) is 10.1 Å². The van der Waals surface area contributed by atoms with Gasteiger partial charge in [0.05, 0.1) is 24.7 Å². The highest BCUT2D eigenvalue weighted by Gasteiger charge is 2.14. The maximum atomic E-state index is 13.0. The molecule has 0 saturated carbocycles. The van der Waals surface area contributed by atoms with Crippen molar-refractivity contribution in [2.24, 2.45) is 0 Å². The van der Waals surface area contributed by atoms with E-state index < -0.39 is 0 Å². The number of aromatic nitrogens is 2. The smallest absolute Gasteiger partial charge is 0.277 e. The van der Waals surface area contributed by atoms with Crippen LogP contribution < -0.4 is 14.8 Å². The monoisotopic (exact) mass is 417 g/mol. The third kappa shape index (κ3) is 5.71. The van der Waals surface area contributed by atoms with Crippen LogP contribution in [0.3, 0.4) is 0 Å². The Morgan fingerprint density at radius 1 is 1.10 bits per heavy atom. The standard InChI is InChI=1S/C20H20FN3O4S/c1-3-26-15-9-10-17(27-4-2)16(11-15)22-18(25)12-29-20-24-23-19(28-20)13-5-7-14(21)8-6-13/h5-11H,3-4,12H2,1-2H3,(H,22,25). The minimum atomic E-state index is -0.348. The Hall–Kier alpha value is -3.07. The first kappa shape index (κ1) is 20.7. The third-order valence-electron chi connectivity index (χ3n) is 3.66. The number of carbonyl (C=O) groups is 1. The molecular formula is C20H20FN3O4S. The van der Waals surface area contributed by atoms with Gasteiger partial charge in [0.15, 0.2) is 0 Å². The Kier molecular flexibility index (Phi) is 7.07. The molecule has 3 rings (SSSR count). The van der Waals surface area contributed by atoms with E-state index in [1.807, 2.05) is 13.8 Å². The Labute approximate surface area is 171 Å². The molecule has 0 atom stereocenters. The van der Waals surface area contributed by atoms with E-state index in [1.54, 1.807) is 30.3 Å². The summed E-state index contributed by atoms with van der Waals surface area (Å²) in [6, 6.07) is 11.0. The van der Waals surface area contributed by atoms with Gasteiger partial charge in [0, 0.05) is 11.6 Å². The summed E-state index contributed by atoms with van der Waals surface area (Å²) in [6.07, 6.45) is 0. The molecule has 0 aliphatic carbocycles. The van der Waals surface area contributed by atoms with E-state index in [2.05, 4.69) is 15.5 Å². The van der Waals surface area contributed by atoms with Crippen molar-refractivity contribution in [3.8, 4) is 23.0 Å². The zero-order valence-corrected chi connectivity index (χ0v) is 16.8. The van der Waals surface area contributed by atoms with E-state index in [0.29, 0.717) is 36.0 Å². The Balaban J connectivity index is 1.61. The summed E-state index contributed by atoms with van der Waals surface area (Å²) in [6.45, 7) is 4.74. The van der Waals surface area contributed by atoms with Gasteiger partial charge < -0.3 is 19.2 Å². The highest BCUT2D eigenvalue weighted by molar-refractivity contribution is 7.99. The van der Waals surface area contributed by atoms with Crippen LogP contribution in [0.2, 0.25) is 0 Å². The Bertz CT molecular complexity index is 963. The minimum Gasteiger partial charge on any atom is -0.494 e. The van der Waals surface area contributed by atoms with Crippen molar-refractivity contribution in [1.82, 2.24) is 10.2 Å². The first-order valence-electron chi connectivity index (χ1n) is 9.00. The van der Waals surface area contributed by atoms with Gasteiger partial charge in [-0.2, -0.15) is 0 Å². The van der Waals surface area contributed by atoms with Gasteiger partial charge >= 0.3 is 0 Å². The topological polar surface area (TPSA) is 86.5 Å². The Morgan fingerprint density at radius 3 is 2.59 bits per heavy atom. The number of nitrogens with one attached hydrogen (secondary N) is 1. The van der Waals surface area contributed by atoms with Crippen LogP contribution in [-0.2, 0) is 4.79 Å². The van der Waals surface area contributed by atoms with Crippen molar-refractivity contribution >= 4 is 23.4 Å². The molecule has 0 bridgehead atoms. The first-order chi connectivity index (χ1) is 14.1. The zero-order valence-electron chi connectivity index (χ0n) is 16.0. The van der Waals surface area contributed by atoms with Crippen LogP contribution in [0.25, 0.3) is 11.5 Å². The van der Waals surface area contributed by atoms with Crippen LogP contribution in [0.15, 0.2) is 52.1 Å². The second-order valence-corrected chi connectivity index (χ2v) is 6.67. The molecule has 9 heteroatoms. The third-order valence-corrected chi connectivity index (χ3v) is 4.48. The second kappa shape index (κ2) is 9.92. The molecule has 0 unspecified atom stereocenters. The first-order valence-corrected chi connectivity index (χ1v) is 9.99. The van der Waals surface area contributed by atoms with Gasteiger partial charge in [0.2, 0.25) is 11.8 Å². The average Bonchev–Trinajstić information content (AvgIpc) is 3.18. The molecule has 1 heterocycles. The largest absolute Gasteiger partial charge is 0.494 e. The molecule has 3 aromatic rings. The summed E-state index contributed by atoms with van der Waals surface area (Å²) < 4.78 is 29.5. The van der Waals surface area contributed by atoms with E-state index in [4.69, 9.17) is 13.9 Å². The number of amides is 1. The lowest BCUT2D eigenvalue weighted by Gasteiger charge is -2.13. The van der Waals surface area contributed by atoms with Gasteiger partial charge in [-0.15, -0.1) is 10.2 Å². The van der Waals surface area contributed by atoms with Gasteiger partial charge in [-0.3, -0.25) is 4.79 Å². The number of halogens is 1. The number of thioether (sulfide) groups is 1. The zero-order chi connectivity index (χ0) is 20.6. The molecule has 29 heavy (non-hydrogen) atoms. The van der Waals surface area contributed by atoms with Crippen LogP contribution in [0.5, 0.6) is 11.5 Å². The van der Waals surface area contributed by atoms with Gasteiger partial charge in [0.25, 0.3) is 5.22 Å². The molecule has 0 saturated heterocycles. The van der Waals surface area contributed by atoms with Crippen molar-refractivity contribution in [3.63, 3.8) is 0 Å². The number of rotatable bonds is 9. The molecule has 2 aromatic carbocycles. The molecule has 1 amide bonds. The number of ether oxygens (including phenoxy) is 2. The fourth-order valence-electron chi connectivity index (χ4n) is 2.44. The highest BCUT2D eigenvalue weighted by atomic mass is 32.2. The van der Waals surface area contributed by atoms with Gasteiger partial charge in [-0.1, -0.05) is 11.8 Å². The number of anilines is 1. The van der Waals surface area contributed by atoms with Crippen LogP contribution in [0.1, 0.15) is 13.8 Å². The normalized spacial score (nSPS) is 10.6.